The summed E-state index contributed by atoms with van der Waals surface area (Å²) in [7, 11) is 2.70. The molecular formula is C22H23NO6. The molecule has 0 radical (unpaired) electrons. The Bertz CT molecular complexity index is 1010. The normalized spacial score (nSPS) is 24.8. The lowest BCUT2D eigenvalue weighted by Crippen LogP contribution is -2.47. The highest BCUT2D eigenvalue weighted by Gasteiger charge is 2.57. The van der Waals surface area contributed by atoms with Gasteiger partial charge in [0.05, 0.1) is 30.9 Å². The van der Waals surface area contributed by atoms with E-state index in [9.17, 15) is 9.59 Å². The van der Waals surface area contributed by atoms with Crippen molar-refractivity contribution in [2.75, 3.05) is 34.1 Å². The van der Waals surface area contributed by atoms with Crippen LogP contribution in [0.3, 0.4) is 0 Å². The minimum atomic E-state index is -0.681. The Morgan fingerprint density at radius 1 is 1.07 bits per heavy atom. The molecule has 1 spiro atoms. The molecule has 3 heterocycles. The van der Waals surface area contributed by atoms with Gasteiger partial charge < -0.3 is 18.9 Å². The van der Waals surface area contributed by atoms with Crippen molar-refractivity contribution in [3.05, 3.63) is 40.0 Å². The second kappa shape index (κ2) is 6.35. The number of nitrogens with zero attached hydrogens (tertiary/aromatic N) is 1. The summed E-state index contributed by atoms with van der Waals surface area (Å²) in [5, 5.41) is 0. The maximum atomic E-state index is 13.0. The Balaban J connectivity index is 1.77. The molecule has 29 heavy (non-hydrogen) atoms. The van der Waals surface area contributed by atoms with E-state index >= 15 is 0 Å². The molecule has 3 aliphatic heterocycles. The zero-order valence-electron chi connectivity index (χ0n) is 16.8. The van der Waals surface area contributed by atoms with Crippen molar-refractivity contribution in [1.29, 1.82) is 0 Å². The van der Waals surface area contributed by atoms with E-state index in [4.69, 9.17) is 18.9 Å². The van der Waals surface area contributed by atoms with Crippen LogP contribution in [0.5, 0.6) is 11.5 Å². The minimum absolute atomic E-state index is 0.216. The van der Waals surface area contributed by atoms with Crippen LogP contribution in [0, 0.1) is 0 Å². The molecule has 1 aromatic carbocycles. The maximum Gasteiger partial charge on any atom is 0.336 e. The summed E-state index contributed by atoms with van der Waals surface area (Å²) >= 11 is 0. The first-order valence-corrected chi connectivity index (χ1v) is 9.79. The molecule has 1 atom stereocenters. The Hall–Kier alpha value is -2.80. The molecule has 0 N–H and O–H groups in total. The van der Waals surface area contributed by atoms with Crippen LogP contribution in [0.2, 0.25) is 0 Å². The van der Waals surface area contributed by atoms with Gasteiger partial charge in [0.15, 0.2) is 11.5 Å². The van der Waals surface area contributed by atoms with E-state index in [1.165, 1.54) is 25.4 Å². The first-order valence-electron chi connectivity index (χ1n) is 9.79. The number of fused-ring (bicyclic) bond motifs is 3. The zero-order chi connectivity index (χ0) is 20.3. The van der Waals surface area contributed by atoms with E-state index in [1.54, 1.807) is 0 Å². The number of carbonyl (C=O) groups excluding carboxylic acids is 2. The molecule has 0 fully saturated rings. The third kappa shape index (κ3) is 2.34. The Morgan fingerprint density at radius 3 is 2.52 bits per heavy atom. The van der Waals surface area contributed by atoms with Gasteiger partial charge in [0.1, 0.15) is 0 Å². The van der Waals surface area contributed by atoms with E-state index in [0.717, 1.165) is 36.1 Å². The summed E-state index contributed by atoms with van der Waals surface area (Å²) in [5.41, 5.74) is 4.68. The summed E-state index contributed by atoms with van der Waals surface area (Å²) in [6.07, 6.45) is 2.36. The van der Waals surface area contributed by atoms with Crippen molar-refractivity contribution in [3.63, 3.8) is 0 Å². The van der Waals surface area contributed by atoms with Crippen molar-refractivity contribution < 1.29 is 28.5 Å². The number of ether oxygens (including phenoxy) is 4. The Kier molecular flexibility index (Phi) is 4.00. The summed E-state index contributed by atoms with van der Waals surface area (Å²) < 4.78 is 21.4. The minimum Gasteiger partial charge on any atom is -0.466 e. The molecule has 5 rings (SSSR count). The molecule has 0 saturated carbocycles. The van der Waals surface area contributed by atoms with Crippen LogP contribution in [0.1, 0.15) is 30.9 Å². The monoisotopic (exact) mass is 397 g/mol. The molecular weight excluding hydrogens is 374 g/mol. The number of hydrogen-bond donors (Lipinski definition) is 0. The smallest absolute Gasteiger partial charge is 0.336 e. The van der Waals surface area contributed by atoms with Crippen molar-refractivity contribution in [1.82, 2.24) is 4.90 Å². The number of rotatable bonds is 2. The van der Waals surface area contributed by atoms with E-state index in [1.807, 2.05) is 6.07 Å². The number of allylic oxidation sites excluding steroid dienone is 1. The van der Waals surface area contributed by atoms with Crippen LogP contribution >= 0.6 is 0 Å². The fourth-order valence-corrected chi connectivity index (χ4v) is 5.44. The van der Waals surface area contributed by atoms with Crippen molar-refractivity contribution in [3.8, 4) is 11.5 Å². The highest BCUT2D eigenvalue weighted by Crippen LogP contribution is 2.57. The fourth-order valence-electron chi connectivity index (χ4n) is 5.44. The van der Waals surface area contributed by atoms with Gasteiger partial charge in [-0.3, -0.25) is 4.90 Å². The summed E-state index contributed by atoms with van der Waals surface area (Å²) in [4.78, 5) is 27.8. The van der Waals surface area contributed by atoms with Gasteiger partial charge in [0.2, 0.25) is 6.79 Å². The van der Waals surface area contributed by atoms with Gasteiger partial charge in [-0.2, -0.15) is 0 Å². The highest BCUT2D eigenvalue weighted by molar-refractivity contribution is 6.08. The SMILES string of the molecule is COC(=O)C1=C(C(=O)OC)C23CCC(C)=C2c2cc4c(cc2CCN3C1)OCO4. The standard InChI is InChI=1S/C22H23NO6/c1-12-4-6-22-18(12)14-9-17-16(28-11-29-17)8-13(14)5-7-23(22)10-15(20(24)26-2)19(22)21(25)27-3/h8-9H,4-7,10-11H2,1-3H3. The molecule has 1 unspecified atom stereocenters. The number of hydrogen-bond acceptors (Lipinski definition) is 7. The van der Waals surface area contributed by atoms with Gasteiger partial charge in [-0.1, -0.05) is 5.57 Å². The van der Waals surface area contributed by atoms with Crippen molar-refractivity contribution >= 4 is 17.5 Å². The number of benzene rings is 1. The van der Waals surface area contributed by atoms with E-state index in [-0.39, 0.29) is 6.79 Å². The lowest BCUT2D eigenvalue weighted by molar-refractivity contribution is -0.139. The van der Waals surface area contributed by atoms with Crippen LogP contribution in [-0.4, -0.2) is 56.5 Å². The second-order valence-corrected chi connectivity index (χ2v) is 7.89. The van der Waals surface area contributed by atoms with Crippen LogP contribution < -0.4 is 9.47 Å². The van der Waals surface area contributed by atoms with Gasteiger partial charge in [-0.05, 0) is 55.0 Å². The first kappa shape index (κ1) is 18.2. The van der Waals surface area contributed by atoms with E-state index < -0.39 is 17.5 Å². The molecule has 0 aromatic heterocycles. The second-order valence-electron chi connectivity index (χ2n) is 7.89. The summed E-state index contributed by atoms with van der Waals surface area (Å²) in [6.45, 7) is 3.40. The third-order valence-corrected chi connectivity index (χ3v) is 6.65. The molecule has 1 aromatic rings. The first-order chi connectivity index (χ1) is 14.0. The topological polar surface area (TPSA) is 74.3 Å². The summed E-state index contributed by atoms with van der Waals surface area (Å²) in [5.74, 6) is 0.538. The van der Waals surface area contributed by atoms with Crippen LogP contribution in [0.25, 0.3) is 5.57 Å². The molecule has 7 nitrogen and oxygen atoms in total. The lowest BCUT2D eigenvalue weighted by Gasteiger charge is -2.38. The predicted molar refractivity (Wildman–Crippen MR) is 103 cm³/mol. The molecule has 4 aliphatic rings. The van der Waals surface area contributed by atoms with Gasteiger partial charge >= 0.3 is 11.9 Å². The molecule has 0 saturated heterocycles. The van der Waals surface area contributed by atoms with Crippen LogP contribution in [0.15, 0.2) is 28.9 Å². The molecule has 0 bridgehead atoms. The Morgan fingerprint density at radius 2 is 1.79 bits per heavy atom. The average Bonchev–Trinajstić information content (AvgIpc) is 3.39. The van der Waals surface area contributed by atoms with Crippen LogP contribution in [-0.2, 0) is 25.5 Å². The van der Waals surface area contributed by atoms with Gasteiger partial charge in [-0.25, -0.2) is 9.59 Å². The van der Waals surface area contributed by atoms with E-state index in [0.29, 0.717) is 30.0 Å². The molecule has 7 heteroatoms. The highest BCUT2D eigenvalue weighted by atomic mass is 16.7. The third-order valence-electron chi connectivity index (χ3n) is 6.65. The van der Waals surface area contributed by atoms with E-state index in [2.05, 4.69) is 17.9 Å². The van der Waals surface area contributed by atoms with Crippen LogP contribution in [0.4, 0.5) is 0 Å². The largest absolute Gasteiger partial charge is 0.466 e. The number of carbonyl (C=O) groups is 2. The average molecular weight is 397 g/mol. The number of esters is 2. The summed E-state index contributed by atoms with van der Waals surface area (Å²) in [6, 6.07) is 4.08. The molecule has 0 amide bonds. The fraction of sp³-hybridized carbons (Fsp3) is 0.455. The van der Waals surface area contributed by atoms with Crippen molar-refractivity contribution in [2.24, 2.45) is 0 Å². The molecule has 152 valence electrons. The maximum absolute atomic E-state index is 13.0. The Labute approximate surface area is 168 Å². The molecule has 1 aliphatic carbocycles. The zero-order valence-corrected chi connectivity index (χ0v) is 16.8. The van der Waals surface area contributed by atoms with Crippen molar-refractivity contribution in [2.45, 2.75) is 31.7 Å². The lowest BCUT2D eigenvalue weighted by atomic mass is 9.78. The van der Waals surface area contributed by atoms with Gasteiger partial charge in [0, 0.05) is 13.1 Å². The van der Waals surface area contributed by atoms with Gasteiger partial charge in [-0.15, -0.1) is 0 Å². The predicted octanol–water partition coefficient (Wildman–Crippen LogP) is 2.24. The quantitative estimate of drug-likeness (QED) is 0.709. The van der Waals surface area contributed by atoms with Gasteiger partial charge in [0.25, 0.3) is 0 Å². The number of methoxy groups -OCH3 is 2.